The lowest BCUT2D eigenvalue weighted by Gasteiger charge is -2.17. The van der Waals surface area contributed by atoms with Gasteiger partial charge in [0.05, 0.1) is 21.5 Å². The smallest absolute Gasteiger partial charge is 0.269 e. The Kier molecular flexibility index (Phi) is 7.84. The van der Waals surface area contributed by atoms with Crippen LogP contribution in [0.15, 0.2) is 42.5 Å². The molecule has 0 aromatic heterocycles. The van der Waals surface area contributed by atoms with E-state index in [1.807, 2.05) is 24.1 Å². The number of hydrogen-bond donors (Lipinski definition) is 2. The van der Waals surface area contributed by atoms with Crippen LogP contribution < -0.4 is 10.6 Å². The molecule has 2 aromatic rings. The molecular formula is C18H20Cl2N4O3. The number of rotatable bonds is 9. The van der Waals surface area contributed by atoms with Crippen LogP contribution in [0.25, 0.3) is 0 Å². The van der Waals surface area contributed by atoms with Crippen LogP contribution in [0.4, 0.5) is 11.4 Å². The van der Waals surface area contributed by atoms with Gasteiger partial charge in [-0.2, -0.15) is 0 Å². The van der Waals surface area contributed by atoms with Crippen LogP contribution in [-0.2, 0) is 11.3 Å². The summed E-state index contributed by atoms with van der Waals surface area (Å²) in [5, 5.41) is 17.5. The highest BCUT2D eigenvalue weighted by Crippen LogP contribution is 2.26. The Morgan fingerprint density at radius 1 is 1.15 bits per heavy atom. The van der Waals surface area contributed by atoms with Crippen molar-refractivity contribution in [3.8, 4) is 0 Å². The average Bonchev–Trinajstić information content (AvgIpc) is 2.63. The van der Waals surface area contributed by atoms with Gasteiger partial charge in [-0.3, -0.25) is 19.8 Å². The number of nitro groups is 1. The minimum atomic E-state index is -0.447. The number of carbonyl (C=O) groups excluding carboxylic acids is 1. The fourth-order valence-electron chi connectivity index (χ4n) is 2.43. The molecule has 1 amide bonds. The number of non-ortho nitro benzene ring substituents is 1. The van der Waals surface area contributed by atoms with Crippen molar-refractivity contribution in [2.75, 3.05) is 32.0 Å². The number of anilines is 1. The molecule has 0 unspecified atom stereocenters. The highest BCUT2D eigenvalue weighted by molar-refractivity contribution is 6.42. The van der Waals surface area contributed by atoms with Crippen LogP contribution in [0, 0.1) is 10.1 Å². The second kappa shape index (κ2) is 10.1. The van der Waals surface area contributed by atoms with Gasteiger partial charge in [-0.05, 0) is 30.8 Å². The summed E-state index contributed by atoms with van der Waals surface area (Å²) in [5.41, 5.74) is 1.65. The van der Waals surface area contributed by atoms with E-state index in [2.05, 4.69) is 10.6 Å². The number of nitrogens with zero attached hydrogens (tertiary/aromatic N) is 2. The molecule has 2 N–H and O–H groups in total. The van der Waals surface area contributed by atoms with Crippen molar-refractivity contribution < 1.29 is 9.72 Å². The third-order valence-corrected chi connectivity index (χ3v) is 4.60. The van der Waals surface area contributed by atoms with Crippen LogP contribution in [0.3, 0.4) is 0 Å². The Labute approximate surface area is 167 Å². The summed E-state index contributed by atoms with van der Waals surface area (Å²) in [6.45, 7) is 1.67. The molecule has 7 nitrogen and oxygen atoms in total. The number of carbonyl (C=O) groups is 1. The molecular weight excluding hydrogens is 391 g/mol. The van der Waals surface area contributed by atoms with Crippen LogP contribution in [-0.4, -0.2) is 42.4 Å². The minimum Gasteiger partial charge on any atom is -0.383 e. The minimum absolute atomic E-state index is 0.0386. The molecule has 2 aromatic carbocycles. The molecule has 0 bridgehead atoms. The molecule has 0 spiro atoms. The summed E-state index contributed by atoms with van der Waals surface area (Å²) in [4.78, 5) is 24.0. The van der Waals surface area contributed by atoms with Gasteiger partial charge in [-0.1, -0.05) is 35.3 Å². The van der Waals surface area contributed by atoms with Crippen LogP contribution in [0.2, 0.25) is 10.0 Å². The second-order valence-corrected chi connectivity index (χ2v) is 6.75. The van der Waals surface area contributed by atoms with E-state index < -0.39 is 4.92 Å². The van der Waals surface area contributed by atoms with E-state index in [4.69, 9.17) is 23.2 Å². The summed E-state index contributed by atoms with van der Waals surface area (Å²) < 4.78 is 0. The van der Waals surface area contributed by atoms with E-state index >= 15 is 0 Å². The van der Waals surface area contributed by atoms with Crippen molar-refractivity contribution in [2.24, 2.45) is 0 Å². The van der Waals surface area contributed by atoms with E-state index in [0.29, 0.717) is 29.7 Å². The molecule has 0 radical (unpaired) electrons. The topological polar surface area (TPSA) is 87.5 Å². The van der Waals surface area contributed by atoms with Gasteiger partial charge in [0.1, 0.15) is 0 Å². The lowest BCUT2D eigenvalue weighted by molar-refractivity contribution is -0.384. The van der Waals surface area contributed by atoms with Gasteiger partial charge in [0.2, 0.25) is 5.91 Å². The maximum atomic E-state index is 12.0. The molecule has 2 rings (SSSR count). The molecule has 0 saturated carbocycles. The zero-order chi connectivity index (χ0) is 19.8. The summed E-state index contributed by atoms with van der Waals surface area (Å²) in [6.07, 6.45) is 0. The number of halogens is 2. The molecule has 0 aliphatic heterocycles. The predicted octanol–water partition coefficient (Wildman–Crippen LogP) is 3.56. The summed E-state index contributed by atoms with van der Waals surface area (Å²) >= 11 is 12.1. The van der Waals surface area contributed by atoms with Crippen molar-refractivity contribution in [2.45, 2.75) is 6.54 Å². The first-order valence-electron chi connectivity index (χ1n) is 8.23. The van der Waals surface area contributed by atoms with Crippen LogP contribution in [0.5, 0.6) is 0 Å². The zero-order valence-electron chi connectivity index (χ0n) is 14.7. The van der Waals surface area contributed by atoms with E-state index in [1.165, 1.54) is 12.1 Å². The summed E-state index contributed by atoms with van der Waals surface area (Å²) in [5.74, 6) is -0.110. The number of hydrogen-bond acceptors (Lipinski definition) is 5. The van der Waals surface area contributed by atoms with E-state index in [-0.39, 0.29) is 18.1 Å². The standard InChI is InChI=1S/C18H20Cl2N4O3/c1-23(11-13-3-2-4-16(19)18(13)20)12-17(25)22-10-9-21-14-5-7-15(8-6-14)24(26)27/h2-8,21H,9-12H2,1H3,(H,22,25). The lowest BCUT2D eigenvalue weighted by atomic mass is 10.2. The summed E-state index contributed by atoms with van der Waals surface area (Å²) in [6, 6.07) is 11.5. The van der Waals surface area contributed by atoms with Crippen molar-refractivity contribution in [1.29, 1.82) is 0 Å². The van der Waals surface area contributed by atoms with Gasteiger partial charge in [-0.25, -0.2) is 0 Å². The van der Waals surface area contributed by atoms with Crippen LogP contribution >= 0.6 is 23.2 Å². The Morgan fingerprint density at radius 3 is 2.52 bits per heavy atom. The van der Waals surface area contributed by atoms with Crippen molar-refractivity contribution in [3.63, 3.8) is 0 Å². The van der Waals surface area contributed by atoms with Gasteiger partial charge in [-0.15, -0.1) is 0 Å². The highest BCUT2D eigenvalue weighted by atomic mass is 35.5. The molecule has 0 heterocycles. The molecule has 0 atom stereocenters. The second-order valence-electron chi connectivity index (χ2n) is 5.97. The first-order valence-corrected chi connectivity index (χ1v) is 8.99. The van der Waals surface area contributed by atoms with Gasteiger partial charge in [0.15, 0.2) is 0 Å². The fraction of sp³-hybridized carbons (Fsp3) is 0.278. The van der Waals surface area contributed by atoms with E-state index in [1.54, 1.807) is 18.2 Å². The molecule has 9 heteroatoms. The SMILES string of the molecule is CN(CC(=O)NCCNc1ccc([N+](=O)[O-])cc1)Cc1cccc(Cl)c1Cl. The van der Waals surface area contributed by atoms with Gasteiger partial charge < -0.3 is 10.6 Å². The summed E-state index contributed by atoms with van der Waals surface area (Å²) in [7, 11) is 1.83. The van der Waals surface area contributed by atoms with Crippen LogP contribution in [0.1, 0.15) is 5.56 Å². The lowest BCUT2D eigenvalue weighted by Crippen LogP contribution is -2.37. The largest absolute Gasteiger partial charge is 0.383 e. The van der Waals surface area contributed by atoms with Gasteiger partial charge >= 0.3 is 0 Å². The van der Waals surface area contributed by atoms with E-state index in [0.717, 1.165) is 11.3 Å². The fourth-order valence-corrected chi connectivity index (χ4v) is 2.81. The Hall–Kier alpha value is -2.35. The Bertz CT molecular complexity index is 800. The molecule has 0 fully saturated rings. The van der Waals surface area contributed by atoms with Crippen molar-refractivity contribution in [1.82, 2.24) is 10.2 Å². The molecule has 144 valence electrons. The van der Waals surface area contributed by atoms with Gasteiger partial charge in [0, 0.05) is 37.5 Å². The first kappa shape index (κ1) is 21.0. The van der Waals surface area contributed by atoms with E-state index in [9.17, 15) is 14.9 Å². The molecule has 0 aliphatic carbocycles. The first-order chi connectivity index (χ1) is 12.9. The maximum Gasteiger partial charge on any atom is 0.269 e. The normalized spacial score (nSPS) is 10.7. The Balaban J connectivity index is 1.69. The number of nitrogens with one attached hydrogen (secondary N) is 2. The quantitative estimate of drug-likeness (QED) is 0.374. The predicted molar refractivity (Wildman–Crippen MR) is 107 cm³/mol. The Morgan fingerprint density at radius 2 is 1.85 bits per heavy atom. The van der Waals surface area contributed by atoms with Crippen molar-refractivity contribution in [3.05, 3.63) is 68.2 Å². The number of likely N-dealkylation sites (N-methyl/N-ethyl adjacent to an activating group) is 1. The van der Waals surface area contributed by atoms with Gasteiger partial charge in [0.25, 0.3) is 5.69 Å². The maximum absolute atomic E-state index is 12.0. The van der Waals surface area contributed by atoms with Crippen molar-refractivity contribution >= 4 is 40.5 Å². The molecule has 0 saturated heterocycles. The molecule has 0 aliphatic rings. The monoisotopic (exact) mass is 410 g/mol. The highest BCUT2D eigenvalue weighted by Gasteiger charge is 2.10. The number of nitro benzene ring substituents is 1. The zero-order valence-corrected chi connectivity index (χ0v) is 16.3. The number of benzene rings is 2. The third kappa shape index (κ3) is 6.71. The third-order valence-electron chi connectivity index (χ3n) is 3.74. The number of amides is 1. The average molecular weight is 411 g/mol. The molecule has 27 heavy (non-hydrogen) atoms.